The van der Waals surface area contributed by atoms with Gasteiger partial charge in [-0.2, -0.15) is 24.4 Å². The van der Waals surface area contributed by atoms with Gasteiger partial charge in [0.05, 0.1) is 18.8 Å². The van der Waals surface area contributed by atoms with Gasteiger partial charge in [-0.1, -0.05) is 49.6 Å². The van der Waals surface area contributed by atoms with Gasteiger partial charge in [0.15, 0.2) is 0 Å². The number of thiol groups is 1. The van der Waals surface area contributed by atoms with Crippen molar-refractivity contribution in [3.05, 3.63) is 60.2 Å². The van der Waals surface area contributed by atoms with Crippen LogP contribution in [0.3, 0.4) is 0 Å². The van der Waals surface area contributed by atoms with Gasteiger partial charge in [0, 0.05) is 24.6 Å². The quantitative estimate of drug-likeness (QED) is 0.170. The number of para-hydroxylation sites is 1. The van der Waals surface area contributed by atoms with Crippen LogP contribution < -0.4 is 20.7 Å². The summed E-state index contributed by atoms with van der Waals surface area (Å²) in [5.41, 5.74) is 0.914. The Hall–Kier alpha value is -2.24. The number of aliphatic hydroxyl groups excluding tert-OH is 2. The summed E-state index contributed by atoms with van der Waals surface area (Å²) in [5.74, 6) is 3.13. The number of thioether (sulfide) groups is 1. The molecule has 0 aromatic heterocycles. The second-order valence-corrected chi connectivity index (χ2v) is 11.3. The maximum absolute atomic E-state index is 13.2. The van der Waals surface area contributed by atoms with E-state index >= 15 is 0 Å². The summed E-state index contributed by atoms with van der Waals surface area (Å²) in [6.07, 6.45) is 5.28. The van der Waals surface area contributed by atoms with Crippen molar-refractivity contribution in [2.75, 3.05) is 30.4 Å². The minimum Gasteiger partial charge on any atom is -0.457 e. The minimum atomic E-state index is -0.977. The molecule has 0 saturated heterocycles. The normalized spacial score (nSPS) is 16.2. The van der Waals surface area contributed by atoms with E-state index in [-0.39, 0.29) is 24.1 Å². The number of amides is 2. The number of nitrogens with one attached hydrogen (secondary N) is 3. The fraction of sp³-hybridized carbons (Fsp3) is 0.517. The Morgan fingerprint density at radius 3 is 2.33 bits per heavy atom. The van der Waals surface area contributed by atoms with E-state index in [0.29, 0.717) is 24.0 Å². The van der Waals surface area contributed by atoms with Gasteiger partial charge in [0.25, 0.3) is 0 Å². The van der Waals surface area contributed by atoms with Crippen molar-refractivity contribution in [1.82, 2.24) is 16.0 Å². The number of carbonyl (C=O) groups excluding carboxylic acids is 2. The van der Waals surface area contributed by atoms with E-state index in [0.717, 1.165) is 17.1 Å². The number of hydrogen-bond acceptors (Lipinski definition) is 8. The predicted molar refractivity (Wildman–Crippen MR) is 159 cm³/mol. The lowest BCUT2D eigenvalue weighted by Crippen LogP contribution is -2.55. The zero-order valence-corrected chi connectivity index (χ0v) is 24.0. The van der Waals surface area contributed by atoms with Crippen molar-refractivity contribution in [3.63, 3.8) is 0 Å². The third kappa shape index (κ3) is 11.4. The first-order valence-electron chi connectivity index (χ1n) is 13.6. The molecule has 2 amide bonds. The maximum Gasteiger partial charge on any atom is 0.243 e. The molecule has 1 aliphatic carbocycles. The average Bonchev–Trinajstić information content (AvgIpc) is 2.97. The van der Waals surface area contributed by atoms with Crippen LogP contribution in [0, 0.1) is 5.92 Å². The third-order valence-electron chi connectivity index (χ3n) is 6.67. The summed E-state index contributed by atoms with van der Waals surface area (Å²) >= 11 is 5.94. The fourth-order valence-electron chi connectivity index (χ4n) is 4.36. The Morgan fingerprint density at radius 1 is 0.974 bits per heavy atom. The Labute approximate surface area is 241 Å². The molecule has 8 nitrogen and oxygen atoms in total. The van der Waals surface area contributed by atoms with Gasteiger partial charge >= 0.3 is 0 Å². The third-order valence-corrected chi connectivity index (χ3v) is 8.32. The van der Waals surface area contributed by atoms with Gasteiger partial charge in [-0.25, -0.2) is 0 Å². The van der Waals surface area contributed by atoms with Crippen molar-refractivity contribution >= 4 is 36.2 Å². The van der Waals surface area contributed by atoms with Gasteiger partial charge in [-0.05, 0) is 54.3 Å². The van der Waals surface area contributed by atoms with Crippen LogP contribution in [0.2, 0.25) is 0 Å². The molecule has 0 heterocycles. The van der Waals surface area contributed by atoms with Crippen LogP contribution in [-0.2, 0) is 16.1 Å². The van der Waals surface area contributed by atoms with Crippen LogP contribution in [0.5, 0.6) is 11.5 Å². The van der Waals surface area contributed by atoms with E-state index in [2.05, 4.69) is 28.6 Å². The molecule has 0 aliphatic heterocycles. The first kappa shape index (κ1) is 31.3. The summed E-state index contributed by atoms with van der Waals surface area (Å²) in [4.78, 5) is 26.1. The Balaban J connectivity index is 1.55. The van der Waals surface area contributed by atoms with E-state index in [1.54, 1.807) is 11.8 Å². The molecular weight excluding hydrogens is 534 g/mol. The number of rotatable bonds is 16. The molecule has 2 aromatic rings. The second kappa shape index (κ2) is 17.5. The molecule has 214 valence electrons. The van der Waals surface area contributed by atoms with Crippen LogP contribution in [0.25, 0.3) is 0 Å². The van der Waals surface area contributed by atoms with Crippen molar-refractivity contribution in [1.29, 1.82) is 0 Å². The van der Waals surface area contributed by atoms with Gasteiger partial charge < -0.3 is 30.9 Å². The van der Waals surface area contributed by atoms with Crippen molar-refractivity contribution < 1.29 is 24.5 Å². The summed E-state index contributed by atoms with van der Waals surface area (Å²) in [6.45, 7) is -0.0381. The zero-order chi connectivity index (χ0) is 27.9. The number of ether oxygens (including phenoxy) is 1. The van der Waals surface area contributed by atoms with Gasteiger partial charge in [-0.15, -0.1) is 0 Å². The predicted octanol–water partition coefficient (Wildman–Crippen LogP) is 3.13. The topological polar surface area (TPSA) is 120 Å². The average molecular weight is 576 g/mol. The van der Waals surface area contributed by atoms with E-state index in [1.165, 1.54) is 32.1 Å². The molecule has 39 heavy (non-hydrogen) atoms. The summed E-state index contributed by atoms with van der Waals surface area (Å²) in [6, 6.07) is 15.6. The molecule has 3 rings (SSSR count). The van der Waals surface area contributed by atoms with E-state index < -0.39 is 24.8 Å². The minimum absolute atomic E-state index is 0.0480. The van der Waals surface area contributed by atoms with Crippen molar-refractivity contribution in [2.24, 2.45) is 5.92 Å². The molecule has 5 N–H and O–H groups in total. The lowest BCUT2D eigenvalue weighted by Gasteiger charge is -2.24. The van der Waals surface area contributed by atoms with Crippen LogP contribution >= 0.6 is 24.4 Å². The molecule has 1 unspecified atom stereocenters. The highest BCUT2D eigenvalue weighted by Gasteiger charge is 2.26. The van der Waals surface area contributed by atoms with Crippen LogP contribution in [-0.4, -0.2) is 70.6 Å². The largest absolute Gasteiger partial charge is 0.457 e. The second-order valence-electron chi connectivity index (χ2n) is 9.86. The van der Waals surface area contributed by atoms with Gasteiger partial charge in [0.1, 0.15) is 17.5 Å². The number of aliphatic hydroxyl groups is 2. The summed E-state index contributed by atoms with van der Waals surface area (Å²) in [5, 5.41) is 27.4. The smallest absolute Gasteiger partial charge is 0.243 e. The molecule has 0 radical (unpaired) electrons. The molecule has 1 aliphatic rings. The number of benzene rings is 2. The molecule has 0 bridgehead atoms. The molecule has 3 atom stereocenters. The van der Waals surface area contributed by atoms with Gasteiger partial charge in [-0.3, -0.25) is 9.59 Å². The lowest BCUT2D eigenvalue weighted by molar-refractivity contribution is -0.129. The van der Waals surface area contributed by atoms with E-state index in [1.807, 2.05) is 54.6 Å². The summed E-state index contributed by atoms with van der Waals surface area (Å²) < 4.78 is 5.83. The fourth-order valence-corrected chi connectivity index (χ4v) is 5.93. The SMILES string of the molecule is O=C(N[C@@H](CSCC1CCCCC1)C(=O)NCc1ccc(Oc2ccccc2)cc1)[C@H](CS)NCC(O)CO. The molecule has 2 aromatic carbocycles. The zero-order valence-electron chi connectivity index (χ0n) is 22.3. The lowest BCUT2D eigenvalue weighted by atomic mass is 9.91. The Kier molecular flexibility index (Phi) is 14.0. The first-order valence-corrected chi connectivity index (χ1v) is 15.4. The monoisotopic (exact) mass is 575 g/mol. The maximum atomic E-state index is 13.2. The Morgan fingerprint density at radius 2 is 1.67 bits per heavy atom. The van der Waals surface area contributed by atoms with E-state index in [4.69, 9.17) is 9.84 Å². The number of hydrogen-bond donors (Lipinski definition) is 6. The van der Waals surface area contributed by atoms with Crippen LogP contribution in [0.4, 0.5) is 0 Å². The number of carbonyl (C=O) groups is 2. The highest BCUT2D eigenvalue weighted by atomic mass is 32.2. The summed E-state index contributed by atoms with van der Waals surface area (Å²) in [7, 11) is 0. The standard InChI is InChI=1S/C29H41N3O5S2/c33-17-23(34)16-30-26(18-38)29(36)32-27(20-39-19-22-7-3-1-4-8-22)28(35)31-15-21-11-13-25(14-12-21)37-24-9-5-2-6-10-24/h2,5-6,9-14,22-23,26-27,30,33-34,38H,1,3-4,7-8,15-20H2,(H,31,35)(H,32,36)/t23?,26-,27-/m0/s1. The molecular formula is C29H41N3O5S2. The van der Waals surface area contributed by atoms with Gasteiger partial charge in [0.2, 0.25) is 11.8 Å². The molecule has 0 spiro atoms. The van der Waals surface area contributed by atoms with Crippen LogP contribution in [0.15, 0.2) is 54.6 Å². The Bertz CT molecular complexity index is 990. The molecule has 1 saturated carbocycles. The van der Waals surface area contributed by atoms with Crippen molar-refractivity contribution in [2.45, 2.75) is 56.8 Å². The van der Waals surface area contributed by atoms with Crippen LogP contribution in [0.1, 0.15) is 37.7 Å². The van der Waals surface area contributed by atoms with E-state index in [9.17, 15) is 14.7 Å². The van der Waals surface area contributed by atoms with Crippen molar-refractivity contribution in [3.8, 4) is 11.5 Å². The first-order chi connectivity index (χ1) is 19.0. The molecule has 10 heteroatoms. The highest BCUT2D eigenvalue weighted by molar-refractivity contribution is 7.99. The molecule has 1 fully saturated rings. The highest BCUT2D eigenvalue weighted by Crippen LogP contribution is 2.27.